The minimum absolute atomic E-state index is 0.803. The summed E-state index contributed by atoms with van der Waals surface area (Å²) < 4.78 is 0. The molecular formula is C14H28N2. The third kappa shape index (κ3) is 3.21. The summed E-state index contributed by atoms with van der Waals surface area (Å²) in [6.45, 7) is 10.00. The van der Waals surface area contributed by atoms with Crippen LogP contribution < -0.4 is 5.32 Å². The van der Waals surface area contributed by atoms with Crippen molar-refractivity contribution in [3.05, 3.63) is 0 Å². The van der Waals surface area contributed by atoms with Crippen molar-refractivity contribution < 1.29 is 0 Å². The van der Waals surface area contributed by atoms with Crippen molar-refractivity contribution in [1.29, 1.82) is 0 Å². The molecule has 1 N–H and O–H groups in total. The van der Waals surface area contributed by atoms with E-state index in [1.165, 1.54) is 58.3 Å². The average Bonchev–Trinajstić information content (AvgIpc) is 2.53. The summed E-state index contributed by atoms with van der Waals surface area (Å²) in [6.07, 6.45) is 7.08. The van der Waals surface area contributed by atoms with Gasteiger partial charge in [-0.3, -0.25) is 0 Å². The maximum Gasteiger partial charge on any atom is 0.00926 e. The summed E-state index contributed by atoms with van der Waals surface area (Å²) in [5.41, 5.74) is 0. The highest BCUT2D eigenvalue weighted by Crippen LogP contribution is 2.24. The molecule has 2 aliphatic heterocycles. The Morgan fingerprint density at radius 2 is 2.00 bits per heavy atom. The molecule has 0 amide bonds. The number of likely N-dealkylation sites (tertiary alicyclic amines) is 1. The van der Waals surface area contributed by atoms with Gasteiger partial charge >= 0.3 is 0 Å². The molecule has 2 heteroatoms. The first kappa shape index (κ1) is 12.4. The minimum Gasteiger partial charge on any atom is -0.316 e. The van der Waals surface area contributed by atoms with Crippen LogP contribution in [0.5, 0.6) is 0 Å². The van der Waals surface area contributed by atoms with Gasteiger partial charge in [0, 0.05) is 12.6 Å². The maximum absolute atomic E-state index is 3.59. The smallest absolute Gasteiger partial charge is 0.00926 e. The van der Waals surface area contributed by atoms with Crippen molar-refractivity contribution in [2.24, 2.45) is 11.8 Å². The van der Waals surface area contributed by atoms with Crippen LogP contribution in [0.25, 0.3) is 0 Å². The summed E-state index contributed by atoms with van der Waals surface area (Å²) in [5, 5.41) is 3.59. The molecule has 0 spiro atoms. The molecule has 3 atom stereocenters. The maximum atomic E-state index is 3.59. The Hall–Kier alpha value is -0.0800. The van der Waals surface area contributed by atoms with E-state index in [0.717, 1.165) is 17.9 Å². The van der Waals surface area contributed by atoms with Crippen LogP contribution in [0.4, 0.5) is 0 Å². The number of hydrogen-bond donors (Lipinski definition) is 1. The SMILES string of the molecule is CC1CCCN(CC2CCCCNC2)C1C. The van der Waals surface area contributed by atoms with Gasteiger partial charge in [-0.05, 0) is 64.1 Å². The summed E-state index contributed by atoms with van der Waals surface area (Å²) in [5.74, 6) is 1.79. The quantitative estimate of drug-likeness (QED) is 0.775. The molecule has 3 unspecified atom stereocenters. The molecule has 0 radical (unpaired) electrons. The van der Waals surface area contributed by atoms with E-state index in [4.69, 9.17) is 0 Å². The zero-order valence-electron chi connectivity index (χ0n) is 11.0. The lowest BCUT2D eigenvalue weighted by molar-refractivity contribution is 0.0940. The van der Waals surface area contributed by atoms with E-state index < -0.39 is 0 Å². The molecule has 0 aromatic heterocycles. The third-order valence-corrected chi connectivity index (χ3v) is 4.65. The lowest BCUT2D eigenvalue weighted by atomic mass is 9.90. The standard InChI is InChI=1S/C14H28N2/c1-12-6-5-9-16(13(12)2)11-14-7-3-4-8-15-10-14/h12-15H,3-11H2,1-2H3. The molecule has 2 fully saturated rings. The van der Waals surface area contributed by atoms with Gasteiger partial charge in [-0.2, -0.15) is 0 Å². The van der Waals surface area contributed by atoms with E-state index in [9.17, 15) is 0 Å². The molecule has 2 saturated heterocycles. The van der Waals surface area contributed by atoms with Crippen LogP contribution in [0, 0.1) is 11.8 Å². The van der Waals surface area contributed by atoms with Crippen LogP contribution in [0.1, 0.15) is 46.0 Å². The summed E-state index contributed by atoms with van der Waals surface area (Å²) >= 11 is 0. The van der Waals surface area contributed by atoms with Gasteiger partial charge in [0.2, 0.25) is 0 Å². The molecule has 2 aliphatic rings. The molecule has 0 aromatic rings. The van der Waals surface area contributed by atoms with Gasteiger partial charge in [0.15, 0.2) is 0 Å². The van der Waals surface area contributed by atoms with Crippen LogP contribution in [0.15, 0.2) is 0 Å². The first-order valence-electron chi connectivity index (χ1n) is 7.22. The van der Waals surface area contributed by atoms with E-state index in [1.807, 2.05) is 0 Å². The zero-order valence-corrected chi connectivity index (χ0v) is 11.0. The summed E-state index contributed by atoms with van der Waals surface area (Å²) in [4.78, 5) is 2.74. The van der Waals surface area contributed by atoms with Crippen molar-refractivity contribution in [3.63, 3.8) is 0 Å². The Labute approximate surface area is 101 Å². The van der Waals surface area contributed by atoms with E-state index in [-0.39, 0.29) is 0 Å². The van der Waals surface area contributed by atoms with Crippen molar-refractivity contribution in [2.75, 3.05) is 26.2 Å². The Morgan fingerprint density at radius 3 is 2.88 bits per heavy atom. The Bertz CT molecular complexity index is 197. The number of piperidine rings is 1. The highest BCUT2D eigenvalue weighted by atomic mass is 15.2. The molecule has 0 aromatic carbocycles. The fourth-order valence-electron chi connectivity index (χ4n) is 3.26. The Balaban J connectivity index is 1.82. The highest BCUT2D eigenvalue weighted by molar-refractivity contribution is 4.81. The fourth-order valence-corrected chi connectivity index (χ4v) is 3.26. The van der Waals surface area contributed by atoms with Crippen LogP contribution in [0.3, 0.4) is 0 Å². The van der Waals surface area contributed by atoms with Crippen molar-refractivity contribution >= 4 is 0 Å². The second kappa shape index (κ2) is 6.02. The third-order valence-electron chi connectivity index (χ3n) is 4.65. The van der Waals surface area contributed by atoms with E-state index in [1.54, 1.807) is 0 Å². The molecule has 94 valence electrons. The lowest BCUT2D eigenvalue weighted by Gasteiger charge is -2.39. The van der Waals surface area contributed by atoms with Crippen LogP contribution in [-0.2, 0) is 0 Å². The molecule has 0 aliphatic carbocycles. The summed E-state index contributed by atoms with van der Waals surface area (Å²) in [6, 6.07) is 0.803. The van der Waals surface area contributed by atoms with E-state index in [0.29, 0.717) is 0 Å². The molecule has 2 heterocycles. The summed E-state index contributed by atoms with van der Waals surface area (Å²) in [7, 11) is 0. The van der Waals surface area contributed by atoms with Gasteiger partial charge in [-0.1, -0.05) is 13.3 Å². The molecule has 2 rings (SSSR count). The average molecular weight is 224 g/mol. The van der Waals surface area contributed by atoms with Gasteiger partial charge in [0.1, 0.15) is 0 Å². The Kier molecular flexibility index (Phi) is 4.66. The van der Waals surface area contributed by atoms with Gasteiger partial charge < -0.3 is 10.2 Å². The van der Waals surface area contributed by atoms with Crippen LogP contribution in [-0.4, -0.2) is 37.1 Å². The second-order valence-electron chi connectivity index (χ2n) is 5.92. The van der Waals surface area contributed by atoms with Crippen LogP contribution >= 0.6 is 0 Å². The van der Waals surface area contributed by atoms with E-state index >= 15 is 0 Å². The van der Waals surface area contributed by atoms with Gasteiger partial charge in [0.05, 0.1) is 0 Å². The van der Waals surface area contributed by atoms with E-state index in [2.05, 4.69) is 24.1 Å². The molecular weight excluding hydrogens is 196 g/mol. The topological polar surface area (TPSA) is 15.3 Å². The first-order valence-corrected chi connectivity index (χ1v) is 7.22. The van der Waals surface area contributed by atoms with Crippen molar-refractivity contribution in [2.45, 2.75) is 52.0 Å². The predicted octanol–water partition coefficient (Wildman–Crippen LogP) is 2.50. The minimum atomic E-state index is 0.803. The van der Waals surface area contributed by atoms with Crippen molar-refractivity contribution in [3.8, 4) is 0 Å². The second-order valence-corrected chi connectivity index (χ2v) is 5.92. The number of nitrogens with one attached hydrogen (secondary N) is 1. The Morgan fingerprint density at radius 1 is 1.12 bits per heavy atom. The number of rotatable bonds is 2. The lowest BCUT2D eigenvalue weighted by Crippen LogP contribution is -2.45. The number of hydrogen-bond acceptors (Lipinski definition) is 2. The number of nitrogens with zero attached hydrogens (tertiary/aromatic N) is 1. The highest BCUT2D eigenvalue weighted by Gasteiger charge is 2.26. The normalized spacial score (nSPS) is 38.2. The largest absolute Gasteiger partial charge is 0.316 e. The fraction of sp³-hybridized carbons (Fsp3) is 1.00. The zero-order chi connectivity index (χ0) is 11.4. The van der Waals surface area contributed by atoms with Gasteiger partial charge in [-0.15, -0.1) is 0 Å². The molecule has 16 heavy (non-hydrogen) atoms. The van der Waals surface area contributed by atoms with Crippen molar-refractivity contribution in [1.82, 2.24) is 10.2 Å². The van der Waals surface area contributed by atoms with Gasteiger partial charge in [0.25, 0.3) is 0 Å². The molecule has 2 nitrogen and oxygen atoms in total. The predicted molar refractivity (Wildman–Crippen MR) is 69.6 cm³/mol. The molecule has 0 bridgehead atoms. The van der Waals surface area contributed by atoms with Gasteiger partial charge in [-0.25, -0.2) is 0 Å². The van der Waals surface area contributed by atoms with Crippen LogP contribution in [0.2, 0.25) is 0 Å². The first-order chi connectivity index (χ1) is 7.77. The molecule has 0 saturated carbocycles. The monoisotopic (exact) mass is 224 g/mol.